The Hall–Kier alpha value is -1.63. The summed E-state index contributed by atoms with van der Waals surface area (Å²) in [6, 6.07) is 0.131. The molecule has 2 aromatic rings. The largest absolute Gasteiger partial charge is 0.329 e. The van der Waals surface area contributed by atoms with Gasteiger partial charge in [-0.2, -0.15) is 5.10 Å². The van der Waals surface area contributed by atoms with Crippen LogP contribution in [0.4, 0.5) is 5.95 Å². The van der Waals surface area contributed by atoms with Crippen molar-refractivity contribution >= 4 is 21.9 Å². The van der Waals surface area contributed by atoms with E-state index < -0.39 is 0 Å². The lowest BCUT2D eigenvalue weighted by atomic mass is 10.2. The summed E-state index contributed by atoms with van der Waals surface area (Å²) in [5.41, 5.74) is 1.78. The second kappa shape index (κ2) is 5.40. The van der Waals surface area contributed by atoms with Crippen molar-refractivity contribution in [1.29, 1.82) is 0 Å². The summed E-state index contributed by atoms with van der Waals surface area (Å²) < 4.78 is 0.884. The number of hydrogen-bond acceptors (Lipinski definition) is 6. The molecule has 0 aliphatic carbocycles. The molecule has 0 amide bonds. The van der Waals surface area contributed by atoms with Crippen LogP contribution in [-0.2, 0) is 0 Å². The highest BCUT2D eigenvalue weighted by Crippen LogP contribution is 2.32. The molecule has 6 nitrogen and oxygen atoms in total. The first-order valence-electron chi connectivity index (χ1n) is 6.57. The van der Waals surface area contributed by atoms with E-state index in [1.54, 1.807) is 12.4 Å². The lowest BCUT2D eigenvalue weighted by molar-refractivity contribution is 0.644. The first-order valence-corrected chi connectivity index (χ1v) is 7.36. The standard InChI is InChI=1S/C13H15BrN6/c1-8-9(2)18-19-13(17-8)20-5-3-4-11(20)12-15-6-10(14)7-16-12/h6-7,11H,3-5H2,1-2H3. The van der Waals surface area contributed by atoms with Gasteiger partial charge in [-0.05, 0) is 42.6 Å². The van der Waals surface area contributed by atoms with Crippen molar-refractivity contribution in [3.05, 3.63) is 34.1 Å². The molecule has 3 rings (SSSR count). The highest BCUT2D eigenvalue weighted by Gasteiger charge is 2.30. The Morgan fingerprint density at radius 1 is 1.15 bits per heavy atom. The zero-order valence-corrected chi connectivity index (χ0v) is 13.0. The molecule has 2 aromatic heterocycles. The van der Waals surface area contributed by atoms with Crippen LogP contribution in [-0.4, -0.2) is 31.7 Å². The van der Waals surface area contributed by atoms with Gasteiger partial charge in [0.15, 0.2) is 5.82 Å². The van der Waals surface area contributed by atoms with Crippen molar-refractivity contribution < 1.29 is 0 Å². The summed E-state index contributed by atoms with van der Waals surface area (Å²) in [6.45, 7) is 4.78. The van der Waals surface area contributed by atoms with E-state index >= 15 is 0 Å². The molecule has 1 aliphatic heterocycles. The smallest absolute Gasteiger partial charge is 0.246 e. The number of nitrogens with zero attached hydrogens (tertiary/aromatic N) is 6. The van der Waals surface area contributed by atoms with Crippen LogP contribution in [0.1, 0.15) is 36.1 Å². The minimum absolute atomic E-state index is 0.131. The molecule has 0 saturated carbocycles. The van der Waals surface area contributed by atoms with Crippen LogP contribution in [0.3, 0.4) is 0 Å². The fraction of sp³-hybridized carbons (Fsp3) is 0.462. The maximum absolute atomic E-state index is 4.54. The van der Waals surface area contributed by atoms with Crippen LogP contribution >= 0.6 is 15.9 Å². The molecule has 0 N–H and O–H groups in total. The highest BCUT2D eigenvalue weighted by molar-refractivity contribution is 9.10. The summed E-state index contributed by atoms with van der Waals surface area (Å²) in [4.78, 5) is 15.5. The zero-order valence-electron chi connectivity index (χ0n) is 11.4. The average molecular weight is 335 g/mol. The quantitative estimate of drug-likeness (QED) is 0.839. The monoisotopic (exact) mass is 334 g/mol. The van der Waals surface area contributed by atoms with Gasteiger partial charge >= 0.3 is 0 Å². The predicted octanol–water partition coefficient (Wildman–Crippen LogP) is 2.38. The van der Waals surface area contributed by atoms with Crippen LogP contribution in [0.25, 0.3) is 0 Å². The third-order valence-electron chi connectivity index (χ3n) is 3.53. The Bertz CT molecular complexity index is 615. The second-order valence-electron chi connectivity index (χ2n) is 4.89. The number of aryl methyl sites for hydroxylation is 2. The van der Waals surface area contributed by atoms with E-state index in [-0.39, 0.29) is 6.04 Å². The van der Waals surface area contributed by atoms with Crippen molar-refractivity contribution in [3.8, 4) is 0 Å². The fourth-order valence-corrected chi connectivity index (χ4v) is 2.54. The number of rotatable bonds is 2. The molecule has 1 fully saturated rings. The van der Waals surface area contributed by atoms with Crippen molar-refractivity contribution in [2.75, 3.05) is 11.4 Å². The Kier molecular flexibility index (Phi) is 3.60. The molecule has 104 valence electrons. The van der Waals surface area contributed by atoms with Gasteiger partial charge in [0.25, 0.3) is 0 Å². The summed E-state index contributed by atoms with van der Waals surface area (Å²) in [6.07, 6.45) is 5.65. The van der Waals surface area contributed by atoms with Gasteiger partial charge in [-0.15, -0.1) is 5.10 Å². The molecule has 20 heavy (non-hydrogen) atoms. The first kappa shape index (κ1) is 13.4. The van der Waals surface area contributed by atoms with Gasteiger partial charge in [0, 0.05) is 18.9 Å². The summed E-state index contributed by atoms with van der Waals surface area (Å²) in [5.74, 6) is 1.48. The van der Waals surface area contributed by atoms with Gasteiger partial charge in [0.2, 0.25) is 5.95 Å². The summed E-state index contributed by atoms with van der Waals surface area (Å²) in [7, 11) is 0. The van der Waals surface area contributed by atoms with Crippen molar-refractivity contribution in [2.24, 2.45) is 0 Å². The van der Waals surface area contributed by atoms with Gasteiger partial charge in [0.05, 0.1) is 21.9 Å². The highest BCUT2D eigenvalue weighted by atomic mass is 79.9. The van der Waals surface area contributed by atoms with Crippen LogP contribution in [0.5, 0.6) is 0 Å². The molecular formula is C13H15BrN6. The zero-order chi connectivity index (χ0) is 14.1. The minimum atomic E-state index is 0.131. The Morgan fingerprint density at radius 2 is 1.90 bits per heavy atom. The normalized spacial score (nSPS) is 18.6. The number of hydrogen-bond donors (Lipinski definition) is 0. The van der Waals surface area contributed by atoms with E-state index in [2.05, 4.69) is 46.0 Å². The molecule has 1 saturated heterocycles. The lowest BCUT2D eigenvalue weighted by Crippen LogP contribution is -2.26. The third kappa shape index (κ3) is 2.49. The molecule has 0 radical (unpaired) electrons. The fourth-order valence-electron chi connectivity index (χ4n) is 2.34. The number of halogens is 1. The Labute approximate surface area is 125 Å². The maximum atomic E-state index is 4.54. The van der Waals surface area contributed by atoms with E-state index in [4.69, 9.17) is 0 Å². The number of anilines is 1. The van der Waals surface area contributed by atoms with Gasteiger partial charge in [-0.25, -0.2) is 15.0 Å². The lowest BCUT2D eigenvalue weighted by Gasteiger charge is -2.23. The van der Waals surface area contributed by atoms with Crippen LogP contribution in [0.15, 0.2) is 16.9 Å². The Morgan fingerprint density at radius 3 is 2.60 bits per heavy atom. The predicted molar refractivity (Wildman–Crippen MR) is 78.4 cm³/mol. The summed E-state index contributed by atoms with van der Waals surface area (Å²) >= 11 is 3.36. The molecule has 3 heterocycles. The molecule has 1 atom stereocenters. The van der Waals surface area contributed by atoms with E-state index in [0.29, 0.717) is 5.95 Å². The van der Waals surface area contributed by atoms with Crippen LogP contribution < -0.4 is 4.90 Å². The molecule has 1 aliphatic rings. The van der Waals surface area contributed by atoms with Crippen molar-refractivity contribution in [3.63, 3.8) is 0 Å². The van der Waals surface area contributed by atoms with E-state index in [0.717, 1.165) is 41.1 Å². The Balaban J connectivity index is 1.92. The van der Waals surface area contributed by atoms with Crippen molar-refractivity contribution in [1.82, 2.24) is 25.1 Å². The van der Waals surface area contributed by atoms with Crippen molar-refractivity contribution in [2.45, 2.75) is 32.7 Å². The van der Waals surface area contributed by atoms with Gasteiger partial charge in [-0.3, -0.25) is 0 Å². The molecular weight excluding hydrogens is 320 g/mol. The van der Waals surface area contributed by atoms with E-state index in [9.17, 15) is 0 Å². The van der Waals surface area contributed by atoms with E-state index in [1.165, 1.54) is 0 Å². The SMILES string of the molecule is Cc1nnc(N2CCCC2c2ncc(Br)cn2)nc1C. The van der Waals surface area contributed by atoms with E-state index in [1.807, 2.05) is 13.8 Å². The third-order valence-corrected chi connectivity index (χ3v) is 3.94. The number of aromatic nitrogens is 5. The second-order valence-corrected chi connectivity index (χ2v) is 5.81. The van der Waals surface area contributed by atoms with Gasteiger partial charge in [-0.1, -0.05) is 0 Å². The van der Waals surface area contributed by atoms with Crippen LogP contribution in [0, 0.1) is 13.8 Å². The molecule has 7 heteroatoms. The first-order chi connectivity index (χ1) is 9.65. The topological polar surface area (TPSA) is 67.7 Å². The van der Waals surface area contributed by atoms with Gasteiger partial charge in [0.1, 0.15) is 0 Å². The molecule has 0 bridgehead atoms. The molecule has 0 aromatic carbocycles. The molecule has 1 unspecified atom stereocenters. The summed E-state index contributed by atoms with van der Waals surface area (Å²) in [5, 5.41) is 8.38. The molecule has 0 spiro atoms. The maximum Gasteiger partial charge on any atom is 0.246 e. The minimum Gasteiger partial charge on any atom is -0.329 e. The van der Waals surface area contributed by atoms with Gasteiger partial charge < -0.3 is 4.90 Å². The van der Waals surface area contributed by atoms with Crippen LogP contribution in [0.2, 0.25) is 0 Å². The average Bonchev–Trinajstić information content (AvgIpc) is 2.92.